The molecule has 0 unspecified atom stereocenters. The molecule has 0 N–H and O–H groups in total. The van der Waals surface area contributed by atoms with Crippen LogP contribution in [0.25, 0.3) is 0 Å². The van der Waals surface area contributed by atoms with Crippen LogP contribution in [0.5, 0.6) is 0 Å². The fraction of sp³-hybridized carbons (Fsp3) is 0.818. The average Bonchev–Trinajstić information content (AvgIpc) is 2.16. The van der Waals surface area contributed by atoms with E-state index in [9.17, 15) is 9.59 Å². The van der Waals surface area contributed by atoms with Crippen molar-refractivity contribution in [2.24, 2.45) is 0 Å². The Hall–Kier alpha value is -0.408. The van der Waals surface area contributed by atoms with Crippen molar-refractivity contribution in [2.75, 3.05) is 13.2 Å². The summed E-state index contributed by atoms with van der Waals surface area (Å²) in [5.74, 6) is -0.604. The molecule has 5 nitrogen and oxygen atoms in total. The molecule has 17 heavy (non-hydrogen) atoms. The average molecular weight is 261 g/mol. The maximum absolute atomic E-state index is 10.6. The first kappa shape index (κ1) is 18.9. The number of esters is 1. The molecule has 0 atom stereocenters. The van der Waals surface area contributed by atoms with Crippen molar-refractivity contribution in [1.29, 1.82) is 0 Å². The van der Waals surface area contributed by atoms with Gasteiger partial charge in [0.2, 0.25) is 0 Å². The van der Waals surface area contributed by atoms with E-state index in [4.69, 9.17) is 12.3 Å². The monoisotopic (exact) mass is 261 g/mol. The van der Waals surface area contributed by atoms with E-state index in [-0.39, 0.29) is 34.2 Å². The number of ketones is 1. The fourth-order valence-electron chi connectivity index (χ4n) is 0.692. The van der Waals surface area contributed by atoms with Gasteiger partial charge in [-0.25, -0.2) is 0 Å². The summed E-state index contributed by atoms with van der Waals surface area (Å²) in [6.45, 7) is 10.3. The van der Waals surface area contributed by atoms with Gasteiger partial charge in [0.25, 0.3) is 0 Å². The van der Waals surface area contributed by atoms with Gasteiger partial charge in [0.1, 0.15) is 12.2 Å². The lowest BCUT2D eigenvalue weighted by Crippen LogP contribution is -2.13. The van der Waals surface area contributed by atoms with Gasteiger partial charge in [-0.15, -0.1) is 0 Å². The standard InChI is InChI=1S/C7H12O3.2C2H5O.Al/c1-5(2)10-7(9)4-6(3)8;2*1-2-3;/h5H,4H2,1-3H3;2*2H2,1H3;/q;2*-1;+2. The minimum atomic E-state index is -0.442. The summed E-state index contributed by atoms with van der Waals surface area (Å²) in [5.41, 5.74) is 0. The first-order chi connectivity index (χ1) is 7.93. The fourth-order valence-corrected chi connectivity index (χ4v) is 1.06. The SMILES string of the molecule is CC(=O)CC(=O)OC(C)C.CC[O][Al][O]CC. The molecule has 0 aliphatic heterocycles. The van der Waals surface area contributed by atoms with Crippen molar-refractivity contribution in [1.82, 2.24) is 0 Å². The Morgan fingerprint density at radius 1 is 1.12 bits per heavy atom. The predicted octanol–water partition coefficient (Wildman–Crippen LogP) is 1.51. The number of hydrogen-bond acceptors (Lipinski definition) is 5. The summed E-state index contributed by atoms with van der Waals surface area (Å²) in [6, 6.07) is 0. The topological polar surface area (TPSA) is 61.8 Å². The van der Waals surface area contributed by atoms with Crippen molar-refractivity contribution in [2.45, 2.75) is 47.1 Å². The number of Topliss-reactive ketones (excluding diaryl/α,β-unsaturated/α-hetero) is 1. The van der Waals surface area contributed by atoms with Crippen LogP contribution in [0.4, 0.5) is 0 Å². The van der Waals surface area contributed by atoms with Crippen LogP contribution >= 0.6 is 0 Å². The zero-order valence-electron chi connectivity index (χ0n) is 11.3. The van der Waals surface area contributed by atoms with E-state index in [1.54, 1.807) is 13.8 Å². The molecule has 0 aliphatic rings. The van der Waals surface area contributed by atoms with E-state index in [1.165, 1.54) is 6.92 Å². The molecule has 0 aliphatic carbocycles. The molecule has 0 aromatic rings. The second kappa shape index (κ2) is 13.7. The number of hydrogen-bond donors (Lipinski definition) is 0. The van der Waals surface area contributed by atoms with E-state index >= 15 is 0 Å². The number of carbonyl (C=O) groups excluding carboxylic acids is 2. The molecule has 0 fully saturated rings. The Morgan fingerprint density at radius 3 is 1.88 bits per heavy atom. The molecule has 0 aromatic carbocycles. The van der Waals surface area contributed by atoms with E-state index in [2.05, 4.69) is 0 Å². The van der Waals surface area contributed by atoms with Crippen molar-refractivity contribution >= 4 is 27.6 Å². The van der Waals surface area contributed by atoms with Crippen LogP contribution < -0.4 is 0 Å². The van der Waals surface area contributed by atoms with Gasteiger partial charge < -0.3 is 12.3 Å². The first-order valence-electron chi connectivity index (χ1n) is 5.67. The summed E-state index contributed by atoms with van der Waals surface area (Å²) in [6.07, 6.45) is -0.245. The van der Waals surface area contributed by atoms with Crippen LogP contribution in [0.2, 0.25) is 0 Å². The lowest BCUT2D eigenvalue weighted by atomic mass is 10.3. The predicted molar refractivity (Wildman–Crippen MR) is 65.5 cm³/mol. The second-order valence-corrected chi connectivity index (χ2v) is 4.28. The third kappa shape index (κ3) is 21.4. The molecule has 0 aromatic heterocycles. The molecule has 0 bridgehead atoms. The summed E-state index contributed by atoms with van der Waals surface area (Å²) in [4.78, 5) is 21.0. The maximum atomic E-state index is 10.6. The molecular weight excluding hydrogens is 239 g/mol. The van der Waals surface area contributed by atoms with Crippen LogP contribution in [0.15, 0.2) is 0 Å². The van der Waals surface area contributed by atoms with Crippen molar-refractivity contribution in [3.63, 3.8) is 0 Å². The van der Waals surface area contributed by atoms with Gasteiger partial charge in [-0.05, 0) is 34.6 Å². The van der Waals surface area contributed by atoms with Crippen LogP contribution in [-0.4, -0.2) is 47.0 Å². The molecular formula is C11H22AlO5. The minimum absolute atomic E-state index is 0.113. The van der Waals surface area contributed by atoms with Gasteiger partial charge in [-0.1, -0.05) is 0 Å². The summed E-state index contributed by atoms with van der Waals surface area (Å²) < 4.78 is 14.6. The Kier molecular flexibility index (Phi) is 15.2. The first-order valence-corrected chi connectivity index (χ1v) is 6.62. The van der Waals surface area contributed by atoms with E-state index in [0.717, 1.165) is 13.2 Å². The van der Waals surface area contributed by atoms with Gasteiger partial charge >= 0.3 is 21.9 Å². The third-order valence-corrected chi connectivity index (χ3v) is 2.17. The van der Waals surface area contributed by atoms with Crippen molar-refractivity contribution < 1.29 is 21.9 Å². The highest BCUT2D eigenvalue weighted by atomic mass is 27.2. The quantitative estimate of drug-likeness (QED) is 0.301. The third-order valence-electron chi connectivity index (χ3n) is 1.23. The van der Waals surface area contributed by atoms with E-state index in [1.807, 2.05) is 13.8 Å². The van der Waals surface area contributed by atoms with E-state index in [0.29, 0.717) is 0 Å². The molecule has 0 saturated carbocycles. The zero-order valence-corrected chi connectivity index (χ0v) is 12.5. The smallest absolute Gasteiger partial charge is 0.484 e. The molecule has 1 radical (unpaired) electrons. The normalized spacial score (nSPS) is 9.29. The Labute approximate surface area is 110 Å². The number of ether oxygens (including phenoxy) is 1. The van der Waals surface area contributed by atoms with E-state index < -0.39 is 5.97 Å². The molecule has 99 valence electrons. The summed E-state index contributed by atoms with van der Waals surface area (Å²) in [7, 11) is 0. The van der Waals surface area contributed by atoms with Gasteiger partial charge in [-0.2, -0.15) is 0 Å². The van der Waals surface area contributed by atoms with Gasteiger partial charge in [-0.3, -0.25) is 9.59 Å². The number of carbonyl (C=O) groups is 2. The van der Waals surface area contributed by atoms with Crippen LogP contribution in [0, 0.1) is 0 Å². The maximum Gasteiger partial charge on any atom is 0.668 e. The highest BCUT2D eigenvalue weighted by Crippen LogP contribution is 1.93. The van der Waals surface area contributed by atoms with Crippen LogP contribution in [-0.2, 0) is 21.9 Å². The minimum Gasteiger partial charge on any atom is -0.484 e. The second-order valence-electron chi connectivity index (χ2n) is 3.42. The lowest BCUT2D eigenvalue weighted by molar-refractivity contribution is -0.149. The Bertz CT molecular complexity index is 202. The van der Waals surface area contributed by atoms with Crippen LogP contribution in [0.1, 0.15) is 41.0 Å². The van der Waals surface area contributed by atoms with Crippen LogP contribution in [0.3, 0.4) is 0 Å². The molecule has 0 heterocycles. The highest BCUT2D eigenvalue weighted by molar-refractivity contribution is 6.17. The van der Waals surface area contributed by atoms with Gasteiger partial charge in [0.05, 0.1) is 6.10 Å². The Balaban J connectivity index is 0. The molecule has 0 amide bonds. The molecule has 0 saturated heterocycles. The summed E-state index contributed by atoms with van der Waals surface area (Å²) in [5, 5.41) is 0. The summed E-state index contributed by atoms with van der Waals surface area (Å²) >= 11 is -0.178. The van der Waals surface area contributed by atoms with Crippen molar-refractivity contribution in [3.05, 3.63) is 0 Å². The van der Waals surface area contributed by atoms with Gasteiger partial charge in [0, 0.05) is 13.2 Å². The van der Waals surface area contributed by atoms with Gasteiger partial charge in [0.15, 0.2) is 0 Å². The number of rotatable bonds is 7. The highest BCUT2D eigenvalue weighted by Gasteiger charge is 2.07. The zero-order chi connectivity index (χ0) is 13.7. The lowest BCUT2D eigenvalue weighted by Gasteiger charge is -2.05. The largest absolute Gasteiger partial charge is 0.668 e. The van der Waals surface area contributed by atoms with Crippen molar-refractivity contribution in [3.8, 4) is 0 Å². The Morgan fingerprint density at radius 2 is 1.59 bits per heavy atom. The molecule has 6 heteroatoms. The molecule has 0 rings (SSSR count). The molecule has 0 spiro atoms.